The van der Waals surface area contributed by atoms with Crippen molar-refractivity contribution < 1.29 is 19.4 Å². The summed E-state index contributed by atoms with van der Waals surface area (Å²) < 4.78 is 4.98. The number of amides is 2. The van der Waals surface area contributed by atoms with Crippen LogP contribution in [0.4, 0.5) is 0 Å². The van der Waals surface area contributed by atoms with Gasteiger partial charge in [-0.25, -0.2) is 0 Å². The highest BCUT2D eigenvalue weighted by Gasteiger charge is 2.22. The highest BCUT2D eigenvalue weighted by atomic mass is 16.5. The summed E-state index contributed by atoms with van der Waals surface area (Å²) in [4.78, 5) is 25.6. The number of carbonyl (C=O) groups excluding carboxylic acids is 2. The van der Waals surface area contributed by atoms with Crippen LogP contribution < -0.4 is 10.1 Å². The van der Waals surface area contributed by atoms with Crippen molar-refractivity contribution in [3.63, 3.8) is 0 Å². The van der Waals surface area contributed by atoms with Crippen molar-refractivity contribution in [2.45, 2.75) is 26.8 Å². The molecule has 0 atom stereocenters. The first-order valence-corrected chi connectivity index (χ1v) is 6.85. The van der Waals surface area contributed by atoms with Crippen LogP contribution in [0.3, 0.4) is 0 Å². The van der Waals surface area contributed by atoms with Gasteiger partial charge >= 0.3 is 0 Å². The number of phenols is 1. The molecule has 1 aromatic rings. The number of phenolic OH excluding ortho intramolecular Hbond substituents is 1. The summed E-state index contributed by atoms with van der Waals surface area (Å²) in [6.07, 6.45) is 0. The highest BCUT2D eigenvalue weighted by Crippen LogP contribution is 2.30. The van der Waals surface area contributed by atoms with Gasteiger partial charge in [-0.3, -0.25) is 9.59 Å². The molecule has 0 unspecified atom stereocenters. The first-order chi connectivity index (χ1) is 9.90. The van der Waals surface area contributed by atoms with Crippen LogP contribution in [0.2, 0.25) is 0 Å². The Balaban J connectivity index is 2.91. The van der Waals surface area contributed by atoms with Crippen molar-refractivity contribution in [3.05, 3.63) is 23.8 Å². The molecule has 0 aliphatic carbocycles. The largest absolute Gasteiger partial charge is 0.504 e. The molecule has 0 aliphatic rings. The molecule has 0 fully saturated rings. The summed E-state index contributed by atoms with van der Waals surface area (Å²) in [6.45, 7) is 5.79. The van der Waals surface area contributed by atoms with Gasteiger partial charge in [0.15, 0.2) is 11.5 Å². The van der Waals surface area contributed by atoms with Crippen LogP contribution in [-0.4, -0.2) is 48.1 Å². The number of nitrogens with zero attached hydrogens (tertiary/aromatic N) is 1. The molecule has 21 heavy (non-hydrogen) atoms. The number of likely N-dealkylation sites (N-methyl/N-ethyl adjacent to an activating group) is 1. The summed E-state index contributed by atoms with van der Waals surface area (Å²) in [5, 5.41) is 12.7. The van der Waals surface area contributed by atoms with E-state index in [2.05, 4.69) is 5.32 Å². The molecule has 116 valence electrons. The Hall–Kier alpha value is -2.24. The molecule has 1 aromatic carbocycles. The quantitative estimate of drug-likeness (QED) is 0.831. The van der Waals surface area contributed by atoms with Crippen LogP contribution in [0.5, 0.6) is 11.5 Å². The number of aromatic hydroxyl groups is 1. The van der Waals surface area contributed by atoms with E-state index in [4.69, 9.17) is 4.74 Å². The standard InChI is InChI=1S/C15H22N2O4/c1-5-17(9-13(18)16-10(2)3)15(20)11-7-6-8-12(21-4)14(11)19/h6-8,10,19H,5,9H2,1-4H3,(H,16,18). The molecule has 0 aromatic heterocycles. The molecule has 6 nitrogen and oxygen atoms in total. The van der Waals surface area contributed by atoms with Crippen molar-refractivity contribution in [2.24, 2.45) is 0 Å². The predicted octanol–water partition coefficient (Wildman–Crippen LogP) is 1.39. The smallest absolute Gasteiger partial charge is 0.258 e. The minimum atomic E-state index is -0.409. The Kier molecular flexibility index (Phi) is 6.02. The number of benzene rings is 1. The fourth-order valence-corrected chi connectivity index (χ4v) is 1.90. The van der Waals surface area contributed by atoms with Crippen LogP contribution in [0.25, 0.3) is 0 Å². The molecule has 0 bridgehead atoms. The number of nitrogens with one attached hydrogen (secondary N) is 1. The molecule has 0 radical (unpaired) electrons. The van der Waals surface area contributed by atoms with Crippen LogP contribution in [0, 0.1) is 0 Å². The Morgan fingerprint density at radius 1 is 1.38 bits per heavy atom. The second kappa shape index (κ2) is 7.52. The molecular weight excluding hydrogens is 272 g/mol. The lowest BCUT2D eigenvalue weighted by Gasteiger charge is -2.22. The molecule has 2 N–H and O–H groups in total. The third kappa shape index (κ3) is 4.37. The van der Waals surface area contributed by atoms with E-state index < -0.39 is 5.91 Å². The zero-order valence-electron chi connectivity index (χ0n) is 12.8. The third-order valence-corrected chi connectivity index (χ3v) is 2.90. The topological polar surface area (TPSA) is 78.9 Å². The molecule has 0 saturated carbocycles. The van der Waals surface area contributed by atoms with Gasteiger partial charge in [-0.05, 0) is 32.9 Å². The summed E-state index contributed by atoms with van der Waals surface area (Å²) in [7, 11) is 1.41. The minimum absolute atomic E-state index is 0.0107. The third-order valence-electron chi connectivity index (χ3n) is 2.90. The van der Waals surface area contributed by atoms with Crippen molar-refractivity contribution in [3.8, 4) is 11.5 Å². The minimum Gasteiger partial charge on any atom is -0.504 e. The maximum atomic E-state index is 12.4. The number of hydrogen-bond donors (Lipinski definition) is 2. The van der Waals surface area contributed by atoms with Crippen LogP contribution in [0.15, 0.2) is 18.2 Å². The molecule has 1 rings (SSSR count). The van der Waals surface area contributed by atoms with Gasteiger partial charge in [-0.15, -0.1) is 0 Å². The lowest BCUT2D eigenvalue weighted by molar-refractivity contribution is -0.122. The Morgan fingerprint density at radius 2 is 2.05 bits per heavy atom. The average Bonchev–Trinajstić information content (AvgIpc) is 2.43. The molecule has 6 heteroatoms. The number of methoxy groups -OCH3 is 1. The molecule has 0 aliphatic heterocycles. The zero-order chi connectivity index (χ0) is 16.0. The van der Waals surface area contributed by atoms with Gasteiger partial charge in [0.05, 0.1) is 19.2 Å². The molecule has 2 amide bonds. The fraction of sp³-hybridized carbons (Fsp3) is 0.467. The van der Waals surface area contributed by atoms with Crippen LogP contribution >= 0.6 is 0 Å². The summed E-state index contributed by atoms with van der Waals surface area (Å²) >= 11 is 0. The normalized spacial score (nSPS) is 10.3. The summed E-state index contributed by atoms with van der Waals surface area (Å²) in [6, 6.07) is 4.70. The monoisotopic (exact) mass is 294 g/mol. The lowest BCUT2D eigenvalue weighted by Crippen LogP contribution is -2.42. The van der Waals surface area contributed by atoms with E-state index in [1.165, 1.54) is 18.1 Å². The van der Waals surface area contributed by atoms with Crippen molar-refractivity contribution in [2.75, 3.05) is 20.2 Å². The number of carbonyl (C=O) groups is 2. The number of ether oxygens (including phenoxy) is 1. The van der Waals surface area contributed by atoms with Gasteiger partial charge in [0.1, 0.15) is 0 Å². The van der Waals surface area contributed by atoms with E-state index in [0.717, 1.165) is 0 Å². The van der Waals surface area contributed by atoms with E-state index in [-0.39, 0.29) is 35.6 Å². The number of rotatable bonds is 6. The van der Waals surface area contributed by atoms with Gasteiger partial charge in [0.25, 0.3) is 5.91 Å². The molecule has 0 spiro atoms. The summed E-state index contributed by atoms with van der Waals surface area (Å²) in [5.41, 5.74) is 0.119. The van der Waals surface area contributed by atoms with Gasteiger partial charge in [-0.2, -0.15) is 0 Å². The average molecular weight is 294 g/mol. The predicted molar refractivity (Wildman–Crippen MR) is 79.5 cm³/mol. The van der Waals surface area contributed by atoms with Crippen molar-refractivity contribution in [1.29, 1.82) is 0 Å². The highest BCUT2D eigenvalue weighted by molar-refractivity contribution is 5.99. The van der Waals surface area contributed by atoms with Gasteiger partial charge in [0, 0.05) is 12.6 Å². The molecular formula is C15H22N2O4. The number of hydrogen-bond acceptors (Lipinski definition) is 4. The van der Waals surface area contributed by atoms with Gasteiger partial charge in [-0.1, -0.05) is 6.07 Å². The zero-order valence-corrected chi connectivity index (χ0v) is 12.8. The fourth-order valence-electron chi connectivity index (χ4n) is 1.90. The lowest BCUT2D eigenvalue weighted by atomic mass is 10.1. The van der Waals surface area contributed by atoms with E-state index >= 15 is 0 Å². The van der Waals surface area contributed by atoms with Crippen molar-refractivity contribution >= 4 is 11.8 Å². The van der Waals surface area contributed by atoms with Gasteiger partial charge < -0.3 is 20.1 Å². The van der Waals surface area contributed by atoms with Crippen LogP contribution in [0.1, 0.15) is 31.1 Å². The second-order valence-electron chi connectivity index (χ2n) is 4.90. The van der Waals surface area contributed by atoms with E-state index in [1.807, 2.05) is 13.8 Å². The first-order valence-electron chi connectivity index (χ1n) is 6.85. The van der Waals surface area contributed by atoms with E-state index in [0.29, 0.717) is 6.54 Å². The number of para-hydroxylation sites is 1. The van der Waals surface area contributed by atoms with E-state index in [9.17, 15) is 14.7 Å². The molecule has 0 saturated heterocycles. The Labute approximate surface area is 124 Å². The maximum absolute atomic E-state index is 12.4. The summed E-state index contributed by atoms with van der Waals surface area (Å²) in [5.74, 6) is -0.633. The Morgan fingerprint density at radius 3 is 2.57 bits per heavy atom. The van der Waals surface area contributed by atoms with Gasteiger partial charge in [0.2, 0.25) is 5.91 Å². The first kappa shape index (κ1) is 16.8. The van der Waals surface area contributed by atoms with E-state index in [1.54, 1.807) is 19.1 Å². The SMILES string of the molecule is CCN(CC(=O)NC(C)C)C(=O)c1cccc(OC)c1O. The van der Waals surface area contributed by atoms with Crippen molar-refractivity contribution in [1.82, 2.24) is 10.2 Å². The Bertz CT molecular complexity index is 514. The second-order valence-corrected chi connectivity index (χ2v) is 4.90. The molecule has 0 heterocycles. The maximum Gasteiger partial charge on any atom is 0.258 e. The van der Waals surface area contributed by atoms with Crippen LogP contribution in [-0.2, 0) is 4.79 Å².